The molecule has 0 saturated carbocycles. The van der Waals surface area contributed by atoms with Gasteiger partial charge in [-0.15, -0.1) is 0 Å². The Bertz CT molecular complexity index is 185. The average molecular weight is 168 g/mol. The van der Waals surface area contributed by atoms with E-state index in [2.05, 4.69) is 44.8 Å². The molecule has 0 fully saturated rings. The lowest BCUT2D eigenvalue weighted by molar-refractivity contribution is 0.467. The first-order valence-electron chi connectivity index (χ1n) is 4.36. The number of hydrogen-bond donors (Lipinski definition) is 1. The van der Waals surface area contributed by atoms with E-state index in [9.17, 15) is 0 Å². The van der Waals surface area contributed by atoms with Gasteiger partial charge in [0.2, 0.25) is 0 Å². The Hall–Kier alpha value is -0.790. The smallest absolute Gasteiger partial charge is 0.0348 e. The predicted octanol–water partition coefficient (Wildman–Crippen LogP) is 2.92. The second-order valence-electron chi connectivity index (χ2n) is 4.04. The van der Waals surface area contributed by atoms with Crippen LogP contribution in [-0.4, -0.2) is 5.71 Å². The van der Waals surface area contributed by atoms with Crippen molar-refractivity contribution in [2.45, 2.75) is 41.0 Å². The van der Waals surface area contributed by atoms with Gasteiger partial charge in [0.15, 0.2) is 0 Å². The van der Waals surface area contributed by atoms with E-state index < -0.39 is 0 Å². The van der Waals surface area contributed by atoms with Crippen molar-refractivity contribution in [1.82, 2.24) is 5.43 Å². The predicted molar refractivity (Wildman–Crippen MR) is 55.1 cm³/mol. The third-order valence-corrected chi connectivity index (χ3v) is 1.80. The van der Waals surface area contributed by atoms with E-state index in [1.165, 1.54) is 0 Å². The summed E-state index contributed by atoms with van der Waals surface area (Å²) in [5.41, 5.74) is 5.10. The minimum absolute atomic E-state index is 0.0809. The van der Waals surface area contributed by atoms with Gasteiger partial charge in [-0.3, -0.25) is 5.43 Å². The van der Waals surface area contributed by atoms with Crippen molar-refractivity contribution in [3.8, 4) is 0 Å². The maximum absolute atomic E-state index is 4.18. The van der Waals surface area contributed by atoms with Crippen LogP contribution in [0.5, 0.6) is 0 Å². The summed E-state index contributed by atoms with van der Waals surface area (Å²) in [4.78, 5) is 0. The van der Waals surface area contributed by atoms with Gasteiger partial charge in [0, 0.05) is 16.8 Å². The van der Waals surface area contributed by atoms with E-state index in [1.54, 1.807) is 0 Å². The molecule has 0 amide bonds. The highest BCUT2D eigenvalue weighted by atomic mass is 15.3. The van der Waals surface area contributed by atoms with Gasteiger partial charge in [0.05, 0.1) is 0 Å². The van der Waals surface area contributed by atoms with Gasteiger partial charge in [-0.1, -0.05) is 34.3 Å². The highest BCUT2D eigenvalue weighted by Gasteiger charge is 2.13. The summed E-state index contributed by atoms with van der Waals surface area (Å²) in [6.07, 6.45) is 0.977. The lowest BCUT2D eigenvalue weighted by Crippen LogP contribution is -2.20. The van der Waals surface area contributed by atoms with Crippen LogP contribution in [0.25, 0.3) is 0 Å². The van der Waals surface area contributed by atoms with Gasteiger partial charge in [-0.2, -0.15) is 5.10 Å². The van der Waals surface area contributed by atoms with E-state index >= 15 is 0 Å². The molecule has 0 aliphatic rings. The summed E-state index contributed by atoms with van der Waals surface area (Å²) >= 11 is 0. The molecule has 0 aliphatic carbocycles. The van der Waals surface area contributed by atoms with E-state index in [0.717, 1.165) is 17.8 Å². The normalized spacial score (nSPS) is 12.9. The molecule has 0 spiro atoms. The molecule has 0 aliphatic heterocycles. The Balaban J connectivity index is 4.04. The molecule has 0 rings (SSSR count). The fourth-order valence-electron chi connectivity index (χ4n) is 0.410. The first-order valence-corrected chi connectivity index (χ1v) is 4.36. The van der Waals surface area contributed by atoms with Gasteiger partial charge in [0.1, 0.15) is 0 Å². The number of hydrogen-bond acceptors (Lipinski definition) is 2. The van der Waals surface area contributed by atoms with Crippen LogP contribution in [-0.2, 0) is 0 Å². The van der Waals surface area contributed by atoms with Crippen LogP contribution in [0.4, 0.5) is 0 Å². The van der Waals surface area contributed by atoms with Crippen molar-refractivity contribution in [2.24, 2.45) is 10.5 Å². The highest BCUT2D eigenvalue weighted by Crippen LogP contribution is 2.20. The third kappa shape index (κ3) is 4.16. The van der Waals surface area contributed by atoms with Gasteiger partial charge in [-0.05, 0) is 13.3 Å². The molecule has 2 nitrogen and oxygen atoms in total. The fraction of sp³-hybridized carbons (Fsp3) is 0.700. The Morgan fingerprint density at radius 2 is 1.92 bits per heavy atom. The molecule has 70 valence electrons. The number of nitrogens with zero attached hydrogens (tertiary/aromatic N) is 1. The van der Waals surface area contributed by atoms with Crippen molar-refractivity contribution < 1.29 is 0 Å². The van der Waals surface area contributed by atoms with Gasteiger partial charge >= 0.3 is 0 Å². The van der Waals surface area contributed by atoms with Crippen LogP contribution >= 0.6 is 0 Å². The van der Waals surface area contributed by atoms with Gasteiger partial charge in [0.25, 0.3) is 0 Å². The zero-order chi connectivity index (χ0) is 9.78. The van der Waals surface area contributed by atoms with Crippen LogP contribution in [0.2, 0.25) is 0 Å². The highest BCUT2D eigenvalue weighted by molar-refractivity contribution is 5.81. The van der Waals surface area contributed by atoms with Gasteiger partial charge < -0.3 is 0 Å². The number of allylic oxidation sites excluding steroid dienone is 1. The molecule has 0 bridgehead atoms. The maximum Gasteiger partial charge on any atom is 0.0348 e. The number of rotatable bonds is 3. The van der Waals surface area contributed by atoms with Crippen molar-refractivity contribution >= 4 is 5.71 Å². The summed E-state index contributed by atoms with van der Waals surface area (Å²) in [6.45, 7) is 14.3. The first-order chi connectivity index (χ1) is 5.38. The monoisotopic (exact) mass is 168 g/mol. The fourth-order valence-corrected chi connectivity index (χ4v) is 0.410. The van der Waals surface area contributed by atoms with E-state index in [-0.39, 0.29) is 5.41 Å². The topological polar surface area (TPSA) is 24.4 Å². The number of nitrogens with one attached hydrogen (secondary N) is 1. The number of hydrazone groups is 1. The zero-order valence-electron chi connectivity index (χ0n) is 8.86. The summed E-state index contributed by atoms with van der Waals surface area (Å²) in [6, 6.07) is 0. The first kappa shape index (κ1) is 11.2. The van der Waals surface area contributed by atoms with E-state index in [1.807, 2.05) is 6.92 Å². The van der Waals surface area contributed by atoms with Gasteiger partial charge in [-0.25, -0.2) is 0 Å². The minimum Gasteiger partial charge on any atom is -0.283 e. The van der Waals surface area contributed by atoms with Crippen molar-refractivity contribution in [2.75, 3.05) is 0 Å². The molecule has 0 radical (unpaired) electrons. The van der Waals surface area contributed by atoms with E-state index in [0.29, 0.717) is 0 Å². The quantitative estimate of drug-likeness (QED) is 0.508. The van der Waals surface area contributed by atoms with Crippen molar-refractivity contribution in [3.05, 3.63) is 12.3 Å². The van der Waals surface area contributed by atoms with Crippen LogP contribution in [0.1, 0.15) is 41.0 Å². The summed E-state index contributed by atoms with van der Waals surface area (Å²) in [5.74, 6) is 0. The molecule has 0 aromatic heterocycles. The maximum atomic E-state index is 4.18. The second kappa shape index (κ2) is 4.29. The molecule has 0 unspecified atom stereocenters. The Morgan fingerprint density at radius 3 is 2.25 bits per heavy atom. The molecule has 12 heavy (non-hydrogen) atoms. The molecule has 0 atom stereocenters. The lowest BCUT2D eigenvalue weighted by Gasteiger charge is -2.20. The van der Waals surface area contributed by atoms with Crippen LogP contribution in [0.3, 0.4) is 0 Å². The molecule has 1 N–H and O–H groups in total. The second-order valence-corrected chi connectivity index (χ2v) is 4.04. The lowest BCUT2D eigenvalue weighted by atomic mass is 9.93. The van der Waals surface area contributed by atoms with Crippen LogP contribution < -0.4 is 5.43 Å². The third-order valence-electron chi connectivity index (χ3n) is 1.80. The minimum atomic E-state index is 0.0809. The molecular weight excluding hydrogens is 148 g/mol. The molecule has 0 heterocycles. The summed E-state index contributed by atoms with van der Waals surface area (Å²) < 4.78 is 0. The van der Waals surface area contributed by atoms with Crippen molar-refractivity contribution in [1.29, 1.82) is 0 Å². The SMILES string of the molecule is C=C(N/N=C(\C)CC)C(C)(C)C. The molecule has 0 aromatic rings. The Kier molecular flexibility index (Phi) is 4.01. The molecule has 2 heteroatoms. The Labute approximate surface area is 75.7 Å². The van der Waals surface area contributed by atoms with E-state index in [4.69, 9.17) is 0 Å². The molecule has 0 saturated heterocycles. The summed E-state index contributed by atoms with van der Waals surface area (Å²) in [5, 5.41) is 4.18. The standard InChI is InChI=1S/C10H20N2/c1-7-8(2)11-12-9(3)10(4,5)6/h12H,3,7H2,1-2,4-6H3/b11-8+. The molecule has 0 aromatic carbocycles. The largest absolute Gasteiger partial charge is 0.283 e. The Morgan fingerprint density at radius 1 is 1.42 bits per heavy atom. The average Bonchev–Trinajstić information content (AvgIpc) is 1.97. The van der Waals surface area contributed by atoms with Crippen LogP contribution in [0, 0.1) is 5.41 Å². The zero-order valence-corrected chi connectivity index (χ0v) is 8.86. The summed E-state index contributed by atoms with van der Waals surface area (Å²) in [7, 11) is 0. The van der Waals surface area contributed by atoms with Crippen LogP contribution in [0.15, 0.2) is 17.4 Å². The molecular formula is C10H20N2. The van der Waals surface area contributed by atoms with Crippen molar-refractivity contribution in [3.63, 3.8) is 0 Å².